The van der Waals surface area contributed by atoms with Crippen LogP contribution in [0.25, 0.3) is 0 Å². The Hall–Kier alpha value is -1.39. The molecule has 2 aromatic carbocycles. The molecule has 1 amide bonds. The second-order valence-electron chi connectivity index (χ2n) is 3.94. The summed E-state index contributed by atoms with van der Waals surface area (Å²) in [6.45, 7) is 0. The van der Waals surface area contributed by atoms with E-state index in [-0.39, 0.29) is 10.6 Å². The van der Waals surface area contributed by atoms with E-state index in [1.807, 2.05) is 12.1 Å². The van der Waals surface area contributed by atoms with Gasteiger partial charge in [0.25, 0.3) is 5.91 Å². The molecule has 2 nitrogen and oxygen atoms in total. The van der Waals surface area contributed by atoms with Gasteiger partial charge in [-0.25, -0.2) is 4.39 Å². The number of nitrogens with zero attached hydrogens (tertiary/aromatic N) is 1. The third kappa shape index (κ3) is 2.96. The molecule has 0 aliphatic heterocycles. The van der Waals surface area contributed by atoms with Crippen molar-refractivity contribution in [1.82, 2.24) is 0 Å². The average Bonchev–Trinajstić information content (AvgIpc) is 2.38. The highest BCUT2D eigenvalue weighted by atomic mass is 79.9. The van der Waals surface area contributed by atoms with Crippen molar-refractivity contribution in [1.29, 1.82) is 0 Å². The van der Waals surface area contributed by atoms with Crippen molar-refractivity contribution in [3.63, 3.8) is 0 Å². The molecule has 0 saturated carbocycles. The number of hydrogen-bond acceptors (Lipinski definition) is 1. The van der Waals surface area contributed by atoms with Crippen LogP contribution >= 0.6 is 27.5 Å². The zero-order chi connectivity index (χ0) is 14.0. The topological polar surface area (TPSA) is 20.3 Å². The number of rotatable bonds is 2. The molecule has 0 aromatic heterocycles. The van der Waals surface area contributed by atoms with Gasteiger partial charge in [0, 0.05) is 17.2 Å². The van der Waals surface area contributed by atoms with Crippen LogP contribution in [0, 0.1) is 5.82 Å². The first kappa shape index (κ1) is 14.0. The first-order valence-electron chi connectivity index (χ1n) is 5.48. The second-order valence-corrected chi connectivity index (χ2v) is 5.26. The van der Waals surface area contributed by atoms with E-state index in [1.54, 1.807) is 19.2 Å². The number of anilines is 1. The molecule has 19 heavy (non-hydrogen) atoms. The Morgan fingerprint density at radius 1 is 1.21 bits per heavy atom. The van der Waals surface area contributed by atoms with E-state index in [9.17, 15) is 9.18 Å². The molecule has 0 N–H and O–H groups in total. The Labute approximate surface area is 123 Å². The fourth-order valence-corrected chi connectivity index (χ4v) is 2.16. The minimum Gasteiger partial charge on any atom is -0.311 e. The van der Waals surface area contributed by atoms with Gasteiger partial charge < -0.3 is 4.90 Å². The highest BCUT2D eigenvalue weighted by Gasteiger charge is 2.20. The van der Waals surface area contributed by atoms with Crippen LogP contribution in [0.1, 0.15) is 10.4 Å². The fraction of sp³-hybridized carbons (Fsp3) is 0.0714. The van der Waals surface area contributed by atoms with Crippen molar-refractivity contribution in [3.8, 4) is 0 Å². The number of hydrogen-bond donors (Lipinski definition) is 0. The Bertz CT molecular complexity index is 595. The lowest BCUT2D eigenvalue weighted by atomic mass is 10.1. The number of halogens is 3. The molecule has 5 heteroatoms. The lowest BCUT2D eigenvalue weighted by Crippen LogP contribution is -2.27. The van der Waals surface area contributed by atoms with Crippen LogP contribution in [-0.2, 0) is 0 Å². The number of carbonyl (C=O) groups excluding carboxylic acids is 1. The van der Waals surface area contributed by atoms with E-state index in [0.29, 0.717) is 5.69 Å². The Morgan fingerprint density at radius 3 is 2.42 bits per heavy atom. The van der Waals surface area contributed by atoms with Crippen molar-refractivity contribution < 1.29 is 9.18 Å². The van der Waals surface area contributed by atoms with Gasteiger partial charge in [0.1, 0.15) is 5.82 Å². The predicted octanol–water partition coefficient (Wildman–Crippen LogP) is 4.52. The maximum absolute atomic E-state index is 13.7. The molecule has 0 saturated heterocycles. The van der Waals surface area contributed by atoms with Gasteiger partial charge in [-0.1, -0.05) is 33.6 Å². The maximum Gasteiger partial charge on any atom is 0.262 e. The summed E-state index contributed by atoms with van der Waals surface area (Å²) in [5.41, 5.74) is 0.544. The Morgan fingerprint density at radius 2 is 1.84 bits per heavy atom. The van der Waals surface area contributed by atoms with E-state index in [2.05, 4.69) is 15.9 Å². The molecule has 0 aliphatic carbocycles. The van der Waals surface area contributed by atoms with Crippen molar-refractivity contribution in [2.24, 2.45) is 0 Å². The summed E-state index contributed by atoms with van der Waals surface area (Å²) in [6, 6.07) is 11.3. The highest BCUT2D eigenvalue weighted by molar-refractivity contribution is 9.10. The average molecular weight is 343 g/mol. The molecule has 0 bridgehead atoms. The van der Waals surface area contributed by atoms with E-state index >= 15 is 0 Å². The zero-order valence-electron chi connectivity index (χ0n) is 10.0. The lowest BCUT2D eigenvalue weighted by molar-refractivity contribution is 0.0989. The standard InChI is InChI=1S/C14H10BrClFNO/c1-18(10-7-5-9(15)6-8-10)14(19)13-11(16)3-2-4-12(13)17/h2-8H,1H3. The van der Waals surface area contributed by atoms with Crippen molar-refractivity contribution in [2.45, 2.75) is 0 Å². The maximum atomic E-state index is 13.7. The van der Waals surface area contributed by atoms with Gasteiger partial charge in [-0.3, -0.25) is 4.79 Å². The molecule has 2 rings (SSSR count). The Balaban J connectivity index is 2.36. The van der Waals surface area contributed by atoms with E-state index in [4.69, 9.17) is 11.6 Å². The van der Waals surface area contributed by atoms with Crippen LogP contribution in [-0.4, -0.2) is 13.0 Å². The summed E-state index contributed by atoms with van der Waals surface area (Å²) in [5, 5.41) is 0.106. The first-order valence-corrected chi connectivity index (χ1v) is 6.65. The van der Waals surface area contributed by atoms with Crippen LogP contribution in [0.5, 0.6) is 0 Å². The third-order valence-corrected chi connectivity index (χ3v) is 3.54. The van der Waals surface area contributed by atoms with Gasteiger partial charge in [-0.15, -0.1) is 0 Å². The van der Waals surface area contributed by atoms with Crippen molar-refractivity contribution in [2.75, 3.05) is 11.9 Å². The summed E-state index contributed by atoms with van der Waals surface area (Å²) in [4.78, 5) is 13.6. The van der Waals surface area contributed by atoms with Gasteiger partial charge in [0.15, 0.2) is 0 Å². The van der Waals surface area contributed by atoms with Crippen LogP contribution < -0.4 is 4.90 Å². The Kier molecular flexibility index (Phi) is 4.22. The largest absolute Gasteiger partial charge is 0.311 e. The molecule has 98 valence electrons. The van der Waals surface area contributed by atoms with Crippen LogP contribution in [0.3, 0.4) is 0 Å². The summed E-state index contributed by atoms with van der Waals surface area (Å²) >= 11 is 9.20. The van der Waals surface area contributed by atoms with Gasteiger partial charge in [-0.05, 0) is 36.4 Å². The molecule has 0 radical (unpaired) electrons. The van der Waals surface area contributed by atoms with E-state index in [0.717, 1.165) is 4.47 Å². The number of carbonyl (C=O) groups is 1. The number of amides is 1. The summed E-state index contributed by atoms with van der Waals surface area (Å²) in [6.07, 6.45) is 0. The van der Waals surface area contributed by atoms with E-state index in [1.165, 1.54) is 23.1 Å². The minimum absolute atomic E-state index is 0.106. The monoisotopic (exact) mass is 341 g/mol. The van der Waals surface area contributed by atoms with E-state index < -0.39 is 11.7 Å². The van der Waals surface area contributed by atoms with Gasteiger partial charge >= 0.3 is 0 Å². The van der Waals surface area contributed by atoms with Crippen LogP contribution in [0.4, 0.5) is 10.1 Å². The van der Waals surface area contributed by atoms with Crippen LogP contribution in [0.15, 0.2) is 46.9 Å². The van der Waals surface area contributed by atoms with Crippen molar-refractivity contribution in [3.05, 3.63) is 63.3 Å². The van der Waals surface area contributed by atoms with Gasteiger partial charge in [0.2, 0.25) is 0 Å². The minimum atomic E-state index is -0.624. The van der Waals surface area contributed by atoms with Gasteiger partial charge in [0.05, 0.1) is 10.6 Å². The SMILES string of the molecule is CN(C(=O)c1c(F)cccc1Cl)c1ccc(Br)cc1. The molecule has 2 aromatic rings. The normalized spacial score (nSPS) is 10.3. The summed E-state index contributed by atoms with van der Waals surface area (Å²) in [5.74, 6) is -1.10. The van der Waals surface area contributed by atoms with Crippen LogP contribution in [0.2, 0.25) is 5.02 Å². The van der Waals surface area contributed by atoms with Gasteiger partial charge in [-0.2, -0.15) is 0 Å². The smallest absolute Gasteiger partial charge is 0.262 e. The second kappa shape index (κ2) is 5.72. The molecular formula is C14H10BrClFNO. The molecule has 0 heterocycles. The third-order valence-electron chi connectivity index (χ3n) is 2.70. The summed E-state index contributed by atoms with van der Waals surface area (Å²) in [7, 11) is 1.58. The highest BCUT2D eigenvalue weighted by Crippen LogP contribution is 2.24. The zero-order valence-corrected chi connectivity index (χ0v) is 12.4. The first-order chi connectivity index (χ1) is 9.00. The molecule has 0 aliphatic rings. The quantitative estimate of drug-likeness (QED) is 0.786. The summed E-state index contributed by atoms with van der Waals surface area (Å²) < 4.78 is 14.6. The molecular weight excluding hydrogens is 333 g/mol. The lowest BCUT2D eigenvalue weighted by Gasteiger charge is -2.18. The fourth-order valence-electron chi connectivity index (χ4n) is 1.65. The molecule has 0 fully saturated rings. The van der Waals surface area contributed by atoms with Crippen molar-refractivity contribution >= 4 is 39.1 Å². The molecule has 0 atom stereocenters. The predicted molar refractivity (Wildman–Crippen MR) is 78.3 cm³/mol. The molecule has 0 unspecified atom stereocenters. The molecule has 0 spiro atoms. The number of benzene rings is 2.